The summed E-state index contributed by atoms with van der Waals surface area (Å²) < 4.78 is 19.5. The van der Waals surface area contributed by atoms with Gasteiger partial charge in [0.1, 0.15) is 6.61 Å². The molecule has 1 aromatic rings. The van der Waals surface area contributed by atoms with Crippen LogP contribution in [0.2, 0.25) is 0 Å². The Morgan fingerprint density at radius 1 is 1.28 bits per heavy atom. The third-order valence-corrected chi connectivity index (χ3v) is 2.08. The summed E-state index contributed by atoms with van der Waals surface area (Å²) in [5.41, 5.74) is 1.85. The van der Waals surface area contributed by atoms with E-state index in [1.54, 1.807) is 20.3 Å². The van der Waals surface area contributed by atoms with Crippen LogP contribution in [0.15, 0.2) is 36.6 Å². The predicted octanol–water partition coefficient (Wildman–Crippen LogP) is 3.21. The van der Waals surface area contributed by atoms with Crippen LogP contribution in [0.1, 0.15) is 18.9 Å². The van der Waals surface area contributed by atoms with Crippen LogP contribution in [-0.4, -0.2) is 26.9 Å². The number of benzene rings is 1. The fraction of sp³-hybridized carbons (Fsp3) is 0.357. The molecule has 0 aromatic heterocycles. The molecule has 1 rings (SSSR count). The maximum Gasteiger partial charge on any atom is 0.305 e. The van der Waals surface area contributed by atoms with Gasteiger partial charge in [-0.2, -0.15) is 0 Å². The summed E-state index contributed by atoms with van der Waals surface area (Å²) in [6.07, 6.45) is 1.98. The van der Waals surface area contributed by atoms with E-state index in [-0.39, 0.29) is 12.6 Å². The van der Waals surface area contributed by atoms with Crippen LogP contribution in [0.5, 0.6) is 0 Å². The number of carbonyl (C=O) groups excluding carboxylic acids is 1. The Morgan fingerprint density at radius 2 is 1.89 bits per heavy atom. The van der Waals surface area contributed by atoms with Gasteiger partial charge in [0.05, 0.1) is 20.5 Å². The van der Waals surface area contributed by atoms with E-state index in [9.17, 15) is 9.18 Å². The number of ether oxygens (including phenoxy) is 2. The van der Waals surface area contributed by atoms with Crippen LogP contribution in [0.4, 0.5) is 4.39 Å². The molecule has 0 radical (unpaired) electrons. The number of esters is 1. The van der Waals surface area contributed by atoms with E-state index in [2.05, 4.69) is 0 Å². The molecule has 3 nitrogen and oxygen atoms in total. The van der Waals surface area contributed by atoms with Gasteiger partial charge < -0.3 is 9.47 Å². The highest BCUT2D eigenvalue weighted by Crippen LogP contribution is 2.14. The van der Waals surface area contributed by atoms with Crippen molar-refractivity contribution in [3.05, 3.63) is 42.2 Å². The maximum absolute atomic E-state index is 11.1. The zero-order chi connectivity index (χ0) is 13.8. The monoisotopic (exact) mass is 254 g/mol. The molecule has 0 aliphatic carbocycles. The molecule has 100 valence electrons. The number of halogens is 1. The Bertz CT molecular complexity index is 361. The molecule has 0 atom stereocenters. The molecule has 0 bridgehead atoms. The normalized spacial score (nSPS) is 10.1. The number of alkyl halides is 1. The fourth-order valence-electron chi connectivity index (χ4n) is 1.24. The lowest BCUT2D eigenvalue weighted by Crippen LogP contribution is -2.05. The van der Waals surface area contributed by atoms with E-state index in [0.29, 0.717) is 13.6 Å². The van der Waals surface area contributed by atoms with Gasteiger partial charge >= 0.3 is 5.97 Å². The summed E-state index contributed by atoms with van der Waals surface area (Å²) in [5, 5.41) is 0. The van der Waals surface area contributed by atoms with Crippen LogP contribution >= 0.6 is 0 Å². The summed E-state index contributed by atoms with van der Waals surface area (Å²) >= 11 is 0. The van der Waals surface area contributed by atoms with Crippen LogP contribution in [0.25, 0.3) is 5.57 Å². The van der Waals surface area contributed by atoms with Gasteiger partial charge in [0, 0.05) is 12.0 Å². The topological polar surface area (TPSA) is 35.5 Å². The molecule has 0 fully saturated rings. The predicted molar refractivity (Wildman–Crippen MR) is 69.7 cm³/mol. The minimum atomic E-state index is -0.210. The fourth-order valence-corrected chi connectivity index (χ4v) is 1.24. The van der Waals surface area contributed by atoms with Gasteiger partial charge in [0.2, 0.25) is 0 Å². The Balaban J connectivity index is 0.00000137. The van der Waals surface area contributed by atoms with E-state index >= 15 is 0 Å². The van der Waals surface area contributed by atoms with E-state index < -0.39 is 0 Å². The number of hydrogen-bond acceptors (Lipinski definition) is 3. The first-order valence-electron chi connectivity index (χ1n) is 5.58. The summed E-state index contributed by atoms with van der Waals surface area (Å²) in [6, 6.07) is 9.70. The van der Waals surface area contributed by atoms with Crippen molar-refractivity contribution in [2.75, 3.05) is 20.9 Å². The van der Waals surface area contributed by atoms with Gasteiger partial charge in [-0.05, 0) is 5.56 Å². The first-order chi connectivity index (χ1) is 8.77. The average Bonchev–Trinajstić information content (AvgIpc) is 2.46. The molecule has 0 saturated carbocycles. The van der Waals surface area contributed by atoms with E-state index in [0.717, 1.165) is 11.1 Å². The van der Waals surface area contributed by atoms with Gasteiger partial charge in [-0.1, -0.05) is 37.3 Å². The van der Waals surface area contributed by atoms with Crippen molar-refractivity contribution in [3.63, 3.8) is 0 Å². The Hall–Kier alpha value is -1.84. The molecular weight excluding hydrogens is 235 g/mol. The molecule has 18 heavy (non-hydrogen) atoms. The summed E-state index contributed by atoms with van der Waals surface area (Å²) in [5.74, 6) is -0.210. The highest BCUT2D eigenvalue weighted by Gasteiger charge is 2.05. The van der Waals surface area contributed by atoms with Crippen LogP contribution < -0.4 is 0 Å². The molecule has 0 saturated heterocycles. The Kier molecular flexibility index (Phi) is 9.27. The third kappa shape index (κ3) is 6.03. The smallest absolute Gasteiger partial charge is 0.305 e. The molecule has 1 aromatic carbocycles. The highest BCUT2D eigenvalue weighted by molar-refractivity contribution is 5.72. The maximum atomic E-state index is 11.1. The van der Waals surface area contributed by atoms with E-state index in [4.69, 9.17) is 9.47 Å². The number of carbonyl (C=O) groups is 1. The van der Waals surface area contributed by atoms with Crippen molar-refractivity contribution in [1.29, 1.82) is 0 Å². The summed E-state index contributed by atoms with van der Waals surface area (Å²) in [6.45, 7) is 2.01. The van der Waals surface area contributed by atoms with Gasteiger partial charge in [-0.25, -0.2) is 0 Å². The third-order valence-electron chi connectivity index (χ3n) is 2.08. The largest absolute Gasteiger partial charge is 0.504 e. The molecule has 0 aliphatic heterocycles. The lowest BCUT2D eigenvalue weighted by molar-refractivity contribution is -0.141. The molecule has 0 unspecified atom stereocenters. The summed E-state index contributed by atoms with van der Waals surface area (Å²) in [4.78, 5) is 11.1. The van der Waals surface area contributed by atoms with Crippen molar-refractivity contribution in [1.82, 2.24) is 0 Å². The van der Waals surface area contributed by atoms with Gasteiger partial charge in [0.15, 0.2) is 0 Å². The van der Waals surface area contributed by atoms with Crippen molar-refractivity contribution in [3.8, 4) is 0 Å². The Morgan fingerprint density at radius 3 is 2.39 bits per heavy atom. The Labute approximate surface area is 107 Å². The molecule has 0 heterocycles. The van der Waals surface area contributed by atoms with Gasteiger partial charge in [-0.3, -0.25) is 9.18 Å². The molecular formula is C14H19FO3. The molecule has 0 aliphatic rings. The van der Waals surface area contributed by atoms with Crippen LogP contribution in [-0.2, 0) is 14.3 Å². The average molecular weight is 254 g/mol. The molecule has 0 spiro atoms. The summed E-state index contributed by atoms with van der Waals surface area (Å²) in [7, 11) is 2.07. The number of methoxy groups -OCH3 is 1. The SMILES string of the molecule is CCC(=O)OC/C(=C/OC)c1ccccc1.CF. The zero-order valence-corrected chi connectivity index (χ0v) is 11.0. The highest BCUT2D eigenvalue weighted by atomic mass is 19.1. The van der Waals surface area contributed by atoms with Crippen molar-refractivity contribution in [2.45, 2.75) is 13.3 Å². The van der Waals surface area contributed by atoms with Crippen molar-refractivity contribution >= 4 is 11.5 Å². The zero-order valence-electron chi connectivity index (χ0n) is 11.0. The molecule has 0 amide bonds. The standard InChI is InChI=1S/C13H16O3.CH3F/c1-3-13(14)16-10-12(9-15-2)11-7-5-4-6-8-11;1-2/h4-9H,3,10H2,1-2H3;1H3/b12-9-;. The van der Waals surface area contributed by atoms with Crippen LogP contribution in [0.3, 0.4) is 0 Å². The van der Waals surface area contributed by atoms with E-state index in [1.165, 1.54) is 0 Å². The minimum Gasteiger partial charge on any atom is -0.504 e. The lowest BCUT2D eigenvalue weighted by Gasteiger charge is -2.08. The first-order valence-corrected chi connectivity index (χ1v) is 5.58. The quantitative estimate of drug-likeness (QED) is 0.598. The van der Waals surface area contributed by atoms with Gasteiger partial charge in [0.25, 0.3) is 0 Å². The number of hydrogen-bond donors (Lipinski definition) is 0. The number of rotatable bonds is 5. The van der Waals surface area contributed by atoms with Crippen molar-refractivity contribution < 1.29 is 18.7 Å². The molecule has 4 heteroatoms. The van der Waals surface area contributed by atoms with Crippen molar-refractivity contribution in [2.24, 2.45) is 0 Å². The van der Waals surface area contributed by atoms with E-state index in [1.807, 2.05) is 30.3 Å². The first kappa shape index (κ1) is 16.2. The second-order valence-corrected chi connectivity index (χ2v) is 3.26. The minimum absolute atomic E-state index is 0.210. The van der Waals surface area contributed by atoms with Crippen LogP contribution in [0, 0.1) is 0 Å². The lowest BCUT2D eigenvalue weighted by atomic mass is 10.1. The van der Waals surface area contributed by atoms with Gasteiger partial charge in [-0.15, -0.1) is 0 Å². The molecule has 0 N–H and O–H groups in total. The second-order valence-electron chi connectivity index (χ2n) is 3.26. The second kappa shape index (κ2) is 10.3.